The first kappa shape index (κ1) is 19.6. The number of piperidine rings is 1. The highest BCUT2D eigenvalue weighted by Gasteiger charge is 2.26. The molecule has 0 unspecified atom stereocenters. The van der Waals surface area contributed by atoms with Gasteiger partial charge in [-0.2, -0.15) is 0 Å². The van der Waals surface area contributed by atoms with E-state index in [4.69, 9.17) is 0 Å². The molecular formula is C20H26N6O2S. The summed E-state index contributed by atoms with van der Waals surface area (Å²) in [6.45, 7) is 4.05. The standard InChI is InChI=1S/C20H26N6O2S/c1-23(19-21-22-20(29-19)26-10-6-5-9-17(26)27)15-18(28)25-13-11-24(12-14-25)16-7-3-2-4-8-16/h2-4,7-8H,5-6,9-15H2,1H3. The lowest BCUT2D eigenvalue weighted by atomic mass is 10.1. The third kappa shape index (κ3) is 4.50. The molecule has 3 heterocycles. The predicted molar refractivity (Wildman–Crippen MR) is 115 cm³/mol. The zero-order chi connectivity index (χ0) is 20.2. The Morgan fingerprint density at radius 3 is 2.55 bits per heavy atom. The van der Waals surface area contributed by atoms with Gasteiger partial charge in [-0.1, -0.05) is 29.5 Å². The van der Waals surface area contributed by atoms with E-state index in [0.717, 1.165) is 25.9 Å². The number of aromatic nitrogens is 2. The molecule has 2 aliphatic heterocycles. The van der Waals surface area contributed by atoms with Crippen molar-refractivity contribution in [2.75, 3.05) is 61.0 Å². The summed E-state index contributed by atoms with van der Waals surface area (Å²) in [4.78, 5) is 32.6. The maximum Gasteiger partial charge on any atom is 0.242 e. The first-order chi connectivity index (χ1) is 14.1. The van der Waals surface area contributed by atoms with E-state index >= 15 is 0 Å². The molecule has 0 bridgehead atoms. The Kier molecular flexibility index (Phi) is 5.94. The molecule has 0 spiro atoms. The lowest BCUT2D eigenvalue weighted by Crippen LogP contribution is -2.51. The number of benzene rings is 1. The van der Waals surface area contributed by atoms with E-state index in [1.807, 2.05) is 35.0 Å². The van der Waals surface area contributed by atoms with Gasteiger partial charge in [0.05, 0.1) is 6.54 Å². The van der Waals surface area contributed by atoms with Gasteiger partial charge in [0.1, 0.15) is 0 Å². The number of hydrogen-bond donors (Lipinski definition) is 0. The zero-order valence-corrected chi connectivity index (χ0v) is 17.5. The molecule has 29 heavy (non-hydrogen) atoms. The third-order valence-corrected chi connectivity index (χ3v) is 6.47. The first-order valence-electron chi connectivity index (χ1n) is 10.0. The summed E-state index contributed by atoms with van der Waals surface area (Å²) in [6, 6.07) is 10.3. The van der Waals surface area contributed by atoms with Crippen LogP contribution in [-0.4, -0.2) is 73.2 Å². The number of piperazine rings is 1. The normalized spacial score (nSPS) is 17.6. The van der Waals surface area contributed by atoms with Gasteiger partial charge in [-0.15, -0.1) is 10.2 Å². The molecule has 2 aromatic rings. The highest BCUT2D eigenvalue weighted by molar-refractivity contribution is 7.19. The van der Waals surface area contributed by atoms with E-state index in [2.05, 4.69) is 27.2 Å². The van der Waals surface area contributed by atoms with Crippen LogP contribution >= 0.6 is 11.3 Å². The van der Waals surface area contributed by atoms with Gasteiger partial charge in [0, 0.05) is 51.9 Å². The van der Waals surface area contributed by atoms with E-state index < -0.39 is 0 Å². The van der Waals surface area contributed by atoms with Gasteiger partial charge in [0.25, 0.3) is 0 Å². The molecule has 0 aliphatic carbocycles. The second-order valence-corrected chi connectivity index (χ2v) is 8.36. The largest absolute Gasteiger partial charge is 0.368 e. The van der Waals surface area contributed by atoms with Crippen molar-refractivity contribution in [2.24, 2.45) is 0 Å². The fourth-order valence-electron chi connectivity index (χ4n) is 3.70. The predicted octanol–water partition coefficient (Wildman–Crippen LogP) is 1.84. The van der Waals surface area contributed by atoms with Gasteiger partial charge in [0.15, 0.2) is 0 Å². The van der Waals surface area contributed by atoms with Gasteiger partial charge in [-0.05, 0) is 25.0 Å². The molecule has 2 fully saturated rings. The molecule has 0 radical (unpaired) electrons. The number of carbonyl (C=O) groups is 2. The average Bonchev–Trinajstić information content (AvgIpc) is 3.25. The minimum absolute atomic E-state index is 0.0889. The summed E-state index contributed by atoms with van der Waals surface area (Å²) in [7, 11) is 1.85. The van der Waals surface area contributed by atoms with Crippen molar-refractivity contribution in [1.82, 2.24) is 15.1 Å². The minimum Gasteiger partial charge on any atom is -0.368 e. The van der Waals surface area contributed by atoms with Crippen LogP contribution in [0.3, 0.4) is 0 Å². The van der Waals surface area contributed by atoms with E-state index in [9.17, 15) is 9.59 Å². The van der Waals surface area contributed by atoms with Crippen LogP contribution in [0.1, 0.15) is 19.3 Å². The monoisotopic (exact) mass is 414 g/mol. The number of carbonyl (C=O) groups excluding carboxylic acids is 2. The molecular weight excluding hydrogens is 388 g/mol. The van der Waals surface area contributed by atoms with Crippen LogP contribution in [0, 0.1) is 0 Å². The minimum atomic E-state index is 0.0889. The summed E-state index contributed by atoms with van der Waals surface area (Å²) in [5, 5.41) is 9.66. The van der Waals surface area contributed by atoms with Crippen molar-refractivity contribution < 1.29 is 9.59 Å². The van der Waals surface area contributed by atoms with E-state index in [0.29, 0.717) is 36.3 Å². The van der Waals surface area contributed by atoms with Crippen LogP contribution in [-0.2, 0) is 9.59 Å². The Morgan fingerprint density at radius 2 is 1.83 bits per heavy atom. The molecule has 2 amide bonds. The van der Waals surface area contributed by atoms with Crippen LogP contribution < -0.4 is 14.7 Å². The highest BCUT2D eigenvalue weighted by Crippen LogP contribution is 2.29. The highest BCUT2D eigenvalue weighted by atomic mass is 32.1. The lowest BCUT2D eigenvalue weighted by molar-refractivity contribution is -0.130. The van der Waals surface area contributed by atoms with Crippen molar-refractivity contribution in [3.8, 4) is 0 Å². The van der Waals surface area contributed by atoms with Crippen LogP contribution in [0.4, 0.5) is 16.0 Å². The van der Waals surface area contributed by atoms with E-state index in [1.165, 1.54) is 17.0 Å². The second kappa shape index (κ2) is 8.77. The van der Waals surface area contributed by atoms with Crippen molar-refractivity contribution >= 4 is 39.1 Å². The topological polar surface area (TPSA) is 72.9 Å². The van der Waals surface area contributed by atoms with Crippen LogP contribution in [0.15, 0.2) is 30.3 Å². The van der Waals surface area contributed by atoms with Crippen molar-refractivity contribution in [3.63, 3.8) is 0 Å². The number of amides is 2. The number of para-hydroxylation sites is 1. The van der Waals surface area contributed by atoms with E-state index in [-0.39, 0.29) is 18.4 Å². The fourth-order valence-corrected chi connectivity index (χ4v) is 4.55. The number of likely N-dealkylation sites (N-methyl/N-ethyl adjacent to an activating group) is 1. The Hall–Kier alpha value is -2.68. The quantitative estimate of drug-likeness (QED) is 0.743. The van der Waals surface area contributed by atoms with Gasteiger partial charge in [-0.3, -0.25) is 14.5 Å². The molecule has 2 saturated heterocycles. The number of hydrogen-bond acceptors (Lipinski definition) is 7. The Bertz CT molecular complexity index is 850. The molecule has 8 nitrogen and oxygen atoms in total. The molecule has 154 valence electrons. The second-order valence-electron chi connectivity index (χ2n) is 7.43. The third-order valence-electron chi connectivity index (χ3n) is 5.41. The fraction of sp³-hybridized carbons (Fsp3) is 0.500. The summed E-state index contributed by atoms with van der Waals surface area (Å²) in [6.07, 6.45) is 2.50. The van der Waals surface area contributed by atoms with Crippen molar-refractivity contribution in [1.29, 1.82) is 0 Å². The molecule has 0 saturated carbocycles. The van der Waals surface area contributed by atoms with Gasteiger partial charge >= 0.3 is 0 Å². The number of nitrogens with zero attached hydrogens (tertiary/aromatic N) is 6. The summed E-state index contributed by atoms with van der Waals surface area (Å²) < 4.78 is 0. The summed E-state index contributed by atoms with van der Waals surface area (Å²) in [5.74, 6) is 0.194. The van der Waals surface area contributed by atoms with Crippen LogP contribution in [0.2, 0.25) is 0 Å². The number of rotatable bonds is 5. The molecule has 4 rings (SSSR count). The summed E-state index contributed by atoms with van der Waals surface area (Å²) >= 11 is 1.37. The SMILES string of the molecule is CN(CC(=O)N1CCN(c2ccccc2)CC1)c1nnc(N2CCCCC2=O)s1. The van der Waals surface area contributed by atoms with Gasteiger partial charge < -0.3 is 14.7 Å². The first-order valence-corrected chi connectivity index (χ1v) is 10.9. The molecule has 9 heteroatoms. The molecule has 1 aromatic heterocycles. The average molecular weight is 415 g/mol. The van der Waals surface area contributed by atoms with Crippen LogP contribution in [0.25, 0.3) is 0 Å². The Labute approximate surface area is 174 Å². The maximum absolute atomic E-state index is 12.7. The van der Waals surface area contributed by atoms with Crippen LogP contribution in [0.5, 0.6) is 0 Å². The van der Waals surface area contributed by atoms with Gasteiger partial charge in [0.2, 0.25) is 22.1 Å². The molecule has 0 N–H and O–H groups in total. The zero-order valence-electron chi connectivity index (χ0n) is 16.7. The Morgan fingerprint density at radius 1 is 1.07 bits per heavy atom. The molecule has 0 atom stereocenters. The smallest absolute Gasteiger partial charge is 0.242 e. The lowest BCUT2D eigenvalue weighted by Gasteiger charge is -2.36. The van der Waals surface area contributed by atoms with E-state index in [1.54, 1.807) is 4.90 Å². The Balaban J connectivity index is 1.30. The van der Waals surface area contributed by atoms with Gasteiger partial charge in [-0.25, -0.2) is 0 Å². The number of anilines is 3. The molecule has 2 aliphatic rings. The molecule has 1 aromatic carbocycles. The maximum atomic E-state index is 12.7. The van der Waals surface area contributed by atoms with Crippen molar-refractivity contribution in [2.45, 2.75) is 19.3 Å². The summed E-state index contributed by atoms with van der Waals surface area (Å²) in [5.41, 5.74) is 1.20. The van der Waals surface area contributed by atoms with Crippen molar-refractivity contribution in [3.05, 3.63) is 30.3 Å².